The van der Waals surface area contributed by atoms with Gasteiger partial charge in [-0.15, -0.1) is 0 Å². The van der Waals surface area contributed by atoms with E-state index >= 15 is 0 Å². The Morgan fingerprint density at radius 2 is 2.03 bits per heavy atom. The number of ether oxygens (including phenoxy) is 2. The number of hydrogen-bond acceptors (Lipinski definition) is 9. The van der Waals surface area contributed by atoms with E-state index in [1.54, 1.807) is 43.5 Å². The molecule has 2 aromatic heterocycles. The highest BCUT2D eigenvalue weighted by molar-refractivity contribution is 5.60. The third-order valence-electron chi connectivity index (χ3n) is 4.21. The molecule has 10 heteroatoms. The van der Waals surface area contributed by atoms with E-state index in [9.17, 15) is 9.50 Å². The van der Waals surface area contributed by atoms with E-state index in [0.717, 1.165) is 6.20 Å². The van der Waals surface area contributed by atoms with Gasteiger partial charge in [0.05, 0.1) is 36.3 Å². The number of hydrogen-bond donors (Lipinski definition) is 3. The number of aliphatic hydroxyl groups is 1. The summed E-state index contributed by atoms with van der Waals surface area (Å²) in [6, 6.07) is 11.8. The Kier molecular flexibility index (Phi) is 7.64. The van der Waals surface area contributed by atoms with Crippen molar-refractivity contribution in [2.24, 2.45) is 0 Å². The van der Waals surface area contributed by atoms with E-state index in [-0.39, 0.29) is 17.3 Å². The molecule has 0 aliphatic rings. The minimum absolute atomic E-state index is 0.00516. The van der Waals surface area contributed by atoms with Gasteiger partial charge in [0, 0.05) is 18.9 Å². The van der Waals surface area contributed by atoms with Crippen molar-refractivity contribution in [3.8, 4) is 11.9 Å². The quantitative estimate of drug-likeness (QED) is 0.323. The molecule has 0 saturated carbocycles. The minimum atomic E-state index is -1.15. The number of nitriles is 1. The lowest BCUT2D eigenvalue weighted by molar-refractivity contribution is 0.144. The lowest BCUT2D eigenvalue weighted by Gasteiger charge is -2.13. The highest BCUT2D eigenvalue weighted by atomic mass is 19.1. The monoisotopic (exact) mass is 436 g/mol. The van der Waals surface area contributed by atoms with Gasteiger partial charge in [-0.3, -0.25) is 0 Å². The second-order valence-electron chi connectivity index (χ2n) is 6.53. The van der Waals surface area contributed by atoms with Crippen LogP contribution in [0.4, 0.5) is 27.5 Å². The van der Waals surface area contributed by atoms with E-state index in [1.807, 2.05) is 6.07 Å². The maximum absolute atomic E-state index is 14.3. The summed E-state index contributed by atoms with van der Waals surface area (Å²) in [5, 5.41) is 24.8. The molecule has 0 amide bonds. The van der Waals surface area contributed by atoms with Crippen LogP contribution < -0.4 is 15.4 Å². The largest absolute Gasteiger partial charge is 0.475 e. The summed E-state index contributed by atoms with van der Waals surface area (Å²) in [5.41, 5.74) is 1.50. The molecule has 3 aromatic rings. The first-order valence-electron chi connectivity index (χ1n) is 9.51. The van der Waals surface area contributed by atoms with Crippen LogP contribution in [0, 0.1) is 17.1 Å². The Labute approximate surface area is 184 Å². The minimum Gasteiger partial charge on any atom is -0.475 e. The summed E-state index contributed by atoms with van der Waals surface area (Å²) in [7, 11) is 1.58. The second kappa shape index (κ2) is 10.8. The van der Waals surface area contributed by atoms with E-state index in [2.05, 4.69) is 32.2 Å². The third kappa shape index (κ3) is 5.98. The average Bonchev–Trinajstić information content (AvgIpc) is 2.81. The first-order valence-corrected chi connectivity index (χ1v) is 9.51. The predicted octanol–water partition coefficient (Wildman–Crippen LogP) is 3.64. The number of aromatic nitrogens is 3. The summed E-state index contributed by atoms with van der Waals surface area (Å²) in [4.78, 5) is 12.3. The molecule has 2 heterocycles. The molecule has 32 heavy (non-hydrogen) atoms. The molecule has 0 bridgehead atoms. The zero-order chi connectivity index (χ0) is 22.9. The molecule has 0 radical (unpaired) electrons. The van der Waals surface area contributed by atoms with E-state index in [0.29, 0.717) is 36.0 Å². The van der Waals surface area contributed by atoms with Gasteiger partial charge in [-0.25, -0.2) is 14.4 Å². The molecule has 3 rings (SSSR count). The summed E-state index contributed by atoms with van der Waals surface area (Å²) >= 11 is 0. The normalized spacial score (nSPS) is 11.3. The topological polar surface area (TPSA) is 125 Å². The number of nitrogens with one attached hydrogen (secondary N) is 2. The van der Waals surface area contributed by atoms with Crippen molar-refractivity contribution in [3.05, 3.63) is 72.3 Å². The smallest absolute Gasteiger partial charge is 0.229 e. The third-order valence-corrected chi connectivity index (χ3v) is 4.21. The molecular weight excluding hydrogens is 415 g/mol. The number of rotatable bonds is 10. The molecule has 0 aliphatic carbocycles. The molecule has 164 valence electrons. The van der Waals surface area contributed by atoms with E-state index in [4.69, 9.17) is 14.7 Å². The maximum Gasteiger partial charge on any atom is 0.229 e. The Morgan fingerprint density at radius 1 is 1.19 bits per heavy atom. The molecule has 9 nitrogen and oxygen atoms in total. The number of anilines is 4. The van der Waals surface area contributed by atoms with Crippen LogP contribution in [0.25, 0.3) is 0 Å². The fourth-order valence-corrected chi connectivity index (χ4v) is 2.60. The second-order valence-corrected chi connectivity index (χ2v) is 6.53. The Morgan fingerprint density at radius 3 is 2.75 bits per heavy atom. The lowest BCUT2D eigenvalue weighted by Crippen LogP contribution is -2.06. The standard InChI is InChI=1S/C22H21FN6O3/c1-14(11-24)20(30)15-4-3-5-16(10-15)27-21-18(23)13-26-22(29-21)28-17-6-7-19(25-12-17)32-9-8-31-2/h3-7,10,12-13,20,30H,1,8-9H2,2H3,(H2,26,27,28,29). The molecule has 3 N–H and O–H groups in total. The summed E-state index contributed by atoms with van der Waals surface area (Å²) in [6.07, 6.45) is 1.42. The number of methoxy groups -OCH3 is 1. The van der Waals surface area contributed by atoms with Crippen LogP contribution in [0.15, 0.2) is 60.9 Å². The molecule has 1 unspecified atom stereocenters. The van der Waals surface area contributed by atoms with E-state index < -0.39 is 11.9 Å². The van der Waals surface area contributed by atoms with Crippen molar-refractivity contribution in [1.29, 1.82) is 5.26 Å². The lowest BCUT2D eigenvalue weighted by atomic mass is 10.0. The molecule has 0 aliphatic heterocycles. The molecule has 0 saturated heterocycles. The SMILES string of the molecule is C=C(C#N)C(O)c1cccc(Nc2nc(Nc3ccc(OCCOC)nc3)ncc2F)c1. The van der Waals surface area contributed by atoms with Gasteiger partial charge in [0.2, 0.25) is 11.8 Å². The molecular formula is C22H21FN6O3. The fraction of sp³-hybridized carbons (Fsp3) is 0.182. The number of benzene rings is 1. The summed E-state index contributed by atoms with van der Waals surface area (Å²) in [5.74, 6) is -0.141. The first kappa shape index (κ1) is 22.6. The van der Waals surface area contributed by atoms with Gasteiger partial charge in [0.15, 0.2) is 11.6 Å². The van der Waals surface area contributed by atoms with Gasteiger partial charge in [0.25, 0.3) is 0 Å². The Bertz CT molecular complexity index is 1120. The van der Waals surface area contributed by atoms with Gasteiger partial charge in [0.1, 0.15) is 12.7 Å². The van der Waals surface area contributed by atoms with Gasteiger partial charge in [-0.2, -0.15) is 10.2 Å². The van der Waals surface area contributed by atoms with Crippen molar-refractivity contribution in [3.63, 3.8) is 0 Å². The summed E-state index contributed by atoms with van der Waals surface area (Å²) < 4.78 is 24.6. The Hall–Kier alpha value is -4.07. The van der Waals surface area contributed by atoms with Gasteiger partial charge in [-0.05, 0) is 23.8 Å². The van der Waals surface area contributed by atoms with Crippen molar-refractivity contribution in [2.45, 2.75) is 6.10 Å². The molecule has 1 atom stereocenters. The molecule has 0 fully saturated rings. The zero-order valence-corrected chi connectivity index (χ0v) is 17.2. The predicted molar refractivity (Wildman–Crippen MR) is 116 cm³/mol. The van der Waals surface area contributed by atoms with Crippen LogP contribution >= 0.6 is 0 Å². The van der Waals surface area contributed by atoms with Gasteiger partial charge < -0.3 is 25.2 Å². The number of pyridine rings is 1. The summed E-state index contributed by atoms with van der Waals surface area (Å²) in [6.45, 7) is 4.35. The zero-order valence-electron chi connectivity index (χ0n) is 17.2. The average molecular weight is 436 g/mol. The van der Waals surface area contributed by atoms with Crippen molar-refractivity contribution in [2.75, 3.05) is 31.0 Å². The highest BCUT2D eigenvalue weighted by Gasteiger charge is 2.13. The van der Waals surface area contributed by atoms with Crippen LogP contribution in [0.5, 0.6) is 5.88 Å². The van der Waals surface area contributed by atoms with Gasteiger partial charge in [-0.1, -0.05) is 18.7 Å². The number of aliphatic hydroxyl groups excluding tert-OH is 1. The van der Waals surface area contributed by atoms with Crippen molar-refractivity contribution >= 4 is 23.1 Å². The van der Waals surface area contributed by atoms with Crippen LogP contribution in [0.2, 0.25) is 0 Å². The Balaban J connectivity index is 1.71. The number of halogens is 1. The van der Waals surface area contributed by atoms with Crippen molar-refractivity contribution < 1.29 is 19.0 Å². The maximum atomic E-state index is 14.3. The number of nitrogens with zero attached hydrogens (tertiary/aromatic N) is 4. The highest BCUT2D eigenvalue weighted by Crippen LogP contribution is 2.25. The van der Waals surface area contributed by atoms with Crippen molar-refractivity contribution in [1.82, 2.24) is 15.0 Å². The van der Waals surface area contributed by atoms with Crippen LogP contribution in [-0.4, -0.2) is 40.4 Å². The van der Waals surface area contributed by atoms with Crippen LogP contribution in [0.1, 0.15) is 11.7 Å². The van der Waals surface area contributed by atoms with E-state index in [1.165, 1.54) is 6.20 Å². The van der Waals surface area contributed by atoms with Crippen LogP contribution in [0.3, 0.4) is 0 Å². The first-order chi connectivity index (χ1) is 15.5. The fourth-order valence-electron chi connectivity index (χ4n) is 2.60. The van der Waals surface area contributed by atoms with Gasteiger partial charge >= 0.3 is 0 Å². The molecule has 1 aromatic carbocycles. The van der Waals surface area contributed by atoms with Crippen LogP contribution in [-0.2, 0) is 4.74 Å². The molecule has 0 spiro atoms.